The number of nitrogens with zero attached hydrogens (tertiary/aromatic N) is 2. The summed E-state index contributed by atoms with van der Waals surface area (Å²) in [7, 11) is 0. The minimum absolute atomic E-state index is 0.0793. The Morgan fingerprint density at radius 3 is 2.54 bits per heavy atom. The first-order valence-electron chi connectivity index (χ1n) is 8.12. The van der Waals surface area contributed by atoms with Crippen molar-refractivity contribution in [3.8, 4) is 5.75 Å². The molecule has 0 N–H and O–H groups in total. The van der Waals surface area contributed by atoms with Crippen molar-refractivity contribution in [1.82, 2.24) is 4.90 Å². The van der Waals surface area contributed by atoms with E-state index in [0.717, 1.165) is 13.1 Å². The molecule has 24 heavy (non-hydrogen) atoms. The molecular weight excluding hydrogens is 307 g/mol. The summed E-state index contributed by atoms with van der Waals surface area (Å²) in [5.74, 6) is -0.452. The molecule has 1 fully saturated rings. The van der Waals surface area contributed by atoms with Gasteiger partial charge >= 0.3 is 0 Å². The number of carbonyl (C=O) groups is 1. The van der Waals surface area contributed by atoms with Gasteiger partial charge in [0.2, 0.25) is 0 Å². The van der Waals surface area contributed by atoms with E-state index >= 15 is 0 Å². The van der Waals surface area contributed by atoms with Crippen LogP contribution in [0.15, 0.2) is 54.6 Å². The highest BCUT2D eigenvalue weighted by Gasteiger charge is 2.27. The first-order chi connectivity index (χ1) is 11.6. The van der Waals surface area contributed by atoms with E-state index in [1.54, 1.807) is 17.0 Å². The van der Waals surface area contributed by atoms with Crippen LogP contribution in [0.25, 0.3) is 0 Å². The van der Waals surface area contributed by atoms with Crippen molar-refractivity contribution < 1.29 is 13.9 Å². The smallest absolute Gasteiger partial charge is 0.260 e. The number of hydrogen-bond donors (Lipinski definition) is 0. The lowest BCUT2D eigenvalue weighted by Crippen LogP contribution is -2.55. The van der Waals surface area contributed by atoms with Crippen LogP contribution >= 0.6 is 0 Å². The van der Waals surface area contributed by atoms with Gasteiger partial charge in [-0.05, 0) is 31.2 Å². The highest BCUT2D eigenvalue weighted by molar-refractivity contribution is 5.78. The third-order valence-corrected chi connectivity index (χ3v) is 4.26. The Bertz CT molecular complexity index is 693. The maximum Gasteiger partial charge on any atom is 0.260 e. The van der Waals surface area contributed by atoms with Crippen LogP contribution in [0, 0.1) is 5.82 Å². The van der Waals surface area contributed by atoms with Crippen LogP contribution in [0.5, 0.6) is 5.75 Å². The van der Waals surface area contributed by atoms with Crippen molar-refractivity contribution in [2.24, 2.45) is 0 Å². The summed E-state index contributed by atoms with van der Waals surface area (Å²) in [5.41, 5.74) is 1.17. The van der Waals surface area contributed by atoms with Gasteiger partial charge in [0.05, 0.1) is 0 Å². The van der Waals surface area contributed by atoms with Crippen LogP contribution in [-0.2, 0) is 4.79 Å². The summed E-state index contributed by atoms with van der Waals surface area (Å²) in [6.45, 7) is 4.07. The summed E-state index contributed by atoms with van der Waals surface area (Å²) in [6.07, 6.45) is 0. The molecule has 1 unspecified atom stereocenters. The standard InChI is InChI=1S/C19H21FN2O2/c1-15-13-21(16-7-3-2-4-8-16)11-12-22(15)19(23)14-24-18-10-6-5-9-17(18)20/h2-10,15H,11-14H2,1H3. The Balaban J connectivity index is 1.56. The molecule has 0 spiro atoms. The van der Waals surface area contributed by atoms with Crippen LogP contribution < -0.4 is 9.64 Å². The first kappa shape index (κ1) is 16.3. The molecule has 3 rings (SSSR count). The maximum atomic E-state index is 13.5. The Morgan fingerprint density at radius 1 is 1.12 bits per heavy atom. The normalized spacial score (nSPS) is 17.7. The van der Waals surface area contributed by atoms with E-state index in [0.29, 0.717) is 6.54 Å². The molecular formula is C19H21FN2O2. The van der Waals surface area contributed by atoms with Gasteiger partial charge in [-0.3, -0.25) is 4.79 Å². The minimum atomic E-state index is -0.452. The van der Waals surface area contributed by atoms with Gasteiger partial charge in [-0.1, -0.05) is 30.3 Å². The van der Waals surface area contributed by atoms with Gasteiger partial charge in [-0.2, -0.15) is 0 Å². The zero-order valence-corrected chi connectivity index (χ0v) is 13.7. The third-order valence-electron chi connectivity index (χ3n) is 4.26. The van der Waals surface area contributed by atoms with E-state index < -0.39 is 5.82 Å². The molecule has 4 nitrogen and oxygen atoms in total. The number of amides is 1. The molecule has 1 amide bonds. The minimum Gasteiger partial charge on any atom is -0.481 e. The molecule has 2 aromatic rings. The second-order valence-electron chi connectivity index (χ2n) is 5.94. The topological polar surface area (TPSA) is 32.8 Å². The number of hydrogen-bond acceptors (Lipinski definition) is 3. The van der Waals surface area contributed by atoms with Crippen molar-refractivity contribution in [3.63, 3.8) is 0 Å². The van der Waals surface area contributed by atoms with Gasteiger partial charge < -0.3 is 14.5 Å². The molecule has 0 radical (unpaired) electrons. The zero-order chi connectivity index (χ0) is 16.9. The number of anilines is 1. The van der Waals surface area contributed by atoms with Gasteiger partial charge in [-0.15, -0.1) is 0 Å². The lowest BCUT2D eigenvalue weighted by Gasteiger charge is -2.41. The third kappa shape index (κ3) is 3.67. The second kappa shape index (κ2) is 7.34. The molecule has 1 saturated heterocycles. The number of para-hydroxylation sites is 2. The Labute approximate surface area is 141 Å². The van der Waals surface area contributed by atoms with Gasteiger partial charge in [-0.25, -0.2) is 4.39 Å². The molecule has 126 valence electrons. The average Bonchev–Trinajstić information content (AvgIpc) is 2.61. The van der Waals surface area contributed by atoms with Crippen LogP contribution in [-0.4, -0.2) is 43.1 Å². The van der Waals surface area contributed by atoms with Crippen LogP contribution in [0.2, 0.25) is 0 Å². The zero-order valence-electron chi connectivity index (χ0n) is 13.7. The average molecular weight is 328 g/mol. The van der Waals surface area contributed by atoms with E-state index in [2.05, 4.69) is 17.0 Å². The SMILES string of the molecule is CC1CN(c2ccccc2)CCN1C(=O)COc1ccccc1F. The van der Waals surface area contributed by atoms with Crippen molar-refractivity contribution >= 4 is 11.6 Å². The highest BCUT2D eigenvalue weighted by atomic mass is 19.1. The summed E-state index contributed by atoms with van der Waals surface area (Å²) < 4.78 is 18.9. The lowest BCUT2D eigenvalue weighted by molar-refractivity contribution is -0.135. The largest absolute Gasteiger partial charge is 0.481 e. The maximum absolute atomic E-state index is 13.5. The predicted octanol–water partition coefficient (Wildman–Crippen LogP) is 2.94. The molecule has 0 aliphatic carbocycles. The molecule has 1 heterocycles. The number of ether oxygens (including phenoxy) is 1. The quantitative estimate of drug-likeness (QED) is 0.865. The van der Waals surface area contributed by atoms with Gasteiger partial charge in [0, 0.05) is 31.4 Å². The van der Waals surface area contributed by atoms with Gasteiger partial charge in [0.15, 0.2) is 18.2 Å². The Hall–Kier alpha value is -2.56. The van der Waals surface area contributed by atoms with Crippen LogP contribution in [0.1, 0.15) is 6.92 Å². The summed E-state index contributed by atoms with van der Waals surface area (Å²) in [5, 5.41) is 0. The second-order valence-corrected chi connectivity index (χ2v) is 5.94. The molecule has 2 aromatic carbocycles. The van der Waals surface area contributed by atoms with Crippen molar-refractivity contribution in [2.45, 2.75) is 13.0 Å². The predicted molar refractivity (Wildman–Crippen MR) is 91.7 cm³/mol. The number of carbonyl (C=O) groups excluding carboxylic acids is 1. The van der Waals surface area contributed by atoms with E-state index in [-0.39, 0.29) is 24.3 Å². The Morgan fingerprint density at radius 2 is 1.83 bits per heavy atom. The fraction of sp³-hybridized carbons (Fsp3) is 0.316. The number of rotatable bonds is 4. The molecule has 5 heteroatoms. The van der Waals surface area contributed by atoms with Crippen molar-refractivity contribution in [3.05, 3.63) is 60.4 Å². The van der Waals surface area contributed by atoms with E-state index in [1.165, 1.54) is 17.8 Å². The number of piperazine rings is 1. The molecule has 1 aliphatic rings. The molecule has 1 aliphatic heterocycles. The fourth-order valence-corrected chi connectivity index (χ4v) is 2.99. The molecule has 0 saturated carbocycles. The van der Waals surface area contributed by atoms with E-state index in [1.807, 2.05) is 25.1 Å². The highest BCUT2D eigenvalue weighted by Crippen LogP contribution is 2.19. The molecule has 0 bridgehead atoms. The molecule has 0 aromatic heterocycles. The van der Waals surface area contributed by atoms with E-state index in [4.69, 9.17) is 4.74 Å². The van der Waals surface area contributed by atoms with Crippen molar-refractivity contribution in [1.29, 1.82) is 0 Å². The number of benzene rings is 2. The first-order valence-corrected chi connectivity index (χ1v) is 8.12. The van der Waals surface area contributed by atoms with Crippen LogP contribution in [0.4, 0.5) is 10.1 Å². The number of halogens is 1. The molecule has 1 atom stereocenters. The van der Waals surface area contributed by atoms with E-state index in [9.17, 15) is 9.18 Å². The van der Waals surface area contributed by atoms with Gasteiger partial charge in [0.1, 0.15) is 0 Å². The summed E-state index contributed by atoms with van der Waals surface area (Å²) >= 11 is 0. The fourth-order valence-electron chi connectivity index (χ4n) is 2.99. The van der Waals surface area contributed by atoms with Crippen LogP contribution in [0.3, 0.4) is 0 Å². The van der Waals surface area contributed by atoms with Crippen molar-refractivity contribution in [2.75, 3.05) is 31.1 Å². The summed E-state index contributed by atoms with van der Waals surface area (Å²) in [4.78, 5) is 16.5. The Kier molecular flexibility index (Phi) is 4.99. The lowest BCUT2D eigenvalue weighted by atomic mass is 10.1. The monoisotopic (exact) mass is 328 g/mol. The summed E-state index contributed by atoms with van der Waals surface area (Å²) in [6, 6.07) is 16.4. The van der Waals surface area contributed by atoms with Gasteiger partial charge in [0.25, 0.3) is 5.91 Å².